The number of allylic oxidation sites excluding steroid dienone is 5. The Labute approximate surface area is 72.3 Å². The van der Waals surface area contributed by atoms with E-state index in [1.54, 1.807) is 0 Å². The highest BCUT2D eigenvalue weighted by Gasteiger charge is 1.94. The van der Waals surface area contributed by atoms with Gasteiger partial charge in [-0.1, -0.05) is 25.7 Å². The van der Waals surface area contributed by atoms with Crippen LogP contribution in [0.5, 0.6) is 0 Å². The SMILES string of the molecule is C=C/C=C/C(=O)/C=C(/C=O)CC. The predicted octanol–water partition coefficient (Wildman–Crippen LogP) is 1.83. The summed E-state index contributed by atoms with van der Waals surface area (Å²) in [4.78, 5) is 21.2. The van der Waals surface area contributed by atoms with Crippen LogP contribution in [0.1, 0.15) is 13.3 Å². The highest BCUT2D eigenvalue weighted by atomic mass is 16.1. The molecule has 0 saturated heterocycles. The van der Waals surface area contributed by atoms with E-state index in [2.05, 4.69) is 6.58 Å². The van der Waals surface area contributed by atoms with Gasteiger partial charge in [0.2, 0.25) is 0 Å². The molecule has 0 rings (SSSR count). The van der Waals surface area contributed by atoms with Gasteiger partial charge in [0.1, 0.15) is 6.29 Å². The molecular formula is C10H12O2. The number of hydrogen-bond donors (Lipinski definition) is 0. The molecule has 0 N–H and O–H groups in total. The number of ketones is 1. The first kappa shape index (κ1) is 10.6. The highest BCUT2D eigenvalue weighted by Crippen LogP contribution is 1.96. The maximum absolute atomic E-state index is 11.0. The zero-order chi connectivity index (χ0) is 9.40. The van der Waals surface area contributed by atoms with Crippen LogP contribution in [0.2, 0.25) is 0 Å². The number of carbonyl (C=O) groups excluding carboxylic acids is 2. The largest absolute Gasteiger partial charge is 0.298 e. The smallest absolute Gasteiger partial charge is 0.179 e. The average Bonchev–Trinajstić information content (AvgIpc) is 2.10. The molecule has 0 aliphatic rings. The topological polar surface area (TPSA) is 34.1 Å². The lowest BCUT2D eigenvalue weighted by atomic mass is 10.2. The normalized spacial score (nSPS) is 11.6. The average molecular weight is 164 g/mol. The van der Waals surface area contributed by atoms with Crippen molar-refractivity contribution in [3.63, 3.8) is 0 Å². The van der Waals surface area contributed by atoms with Gasteiger partial charge in [-0.15, -0.1) is 0 Å². The van der Waals surface area contributed by atoms with E-state index in [4.69, 9.17) is 0 Å². The van der Waals surface area contributed by atoms with Crippen molar-refractivity contribution >= 4 is 12.1 Å². The van der Waals surface area contributed by atoms with Crippen molar-refractivity contribution in [3.05, 3.63) is 36.5 Å². The lowest BCUT2D eigenvalue weighted by Gasteiger charge is -1.88. The fourth-order valence-corrected chi connectivity index (χ4v) is 0.613. The molecule has 0 saturated carbocycles. The summed E-state index contributed by atoms with van der Waals surface area (Å²) in [6.45, 7) is 5.25. The van der Waals surface area contributed by atoms with Gasteiger partial charge in [0, 0.05) is 0 Å². The van der Waals surface area contributed by atoms with Crippen LogP contribution in [0.25, 0.3) is 0 Å². The van der Waals surface area contributed by atoms with E-state index in [0.717, 1.165) is 0 Å². The lowest BCUT2D eigenvalue weighted by Crippen LogP contribution is -1.90. The maximum atomic E-state index is 11.0. The van der Waals surface area contributed by atoms with Crippen molar-refractivity contribution in [3.8, 4) is 0 Å². The number of rotatable bonds is 5. The Kier molecular flexibility index (Phi) is 5.53. The number of hydrogen-bond acceptors (Lipinski definition) is 2. The Morgan fingerprint density at radius 3 is 2.58 bits per heavy atom. The molecule has 64 valence electrons. The molecule has 2 nitrogen and oxygen atoms in total. The van der Waals surface area contributed by atoms with Crippen molar-refractivity contribution in [1.82, 2.24) is 0 Å². The van der Waals surface area contributed by atoms with Gasteiger partial charge in [-0.25, -0.2) is 0 Å². The molecule has 0 unspecified atom stereocenters. The molecule has 0 aromatic rings. The van der Waals surface area contributed by atoms with E-state index in [9.17, 15) is 9.59 Å². The predicted molar refractivity (Wildman–Crippen MR) is 48.8 cm³/mol. The number of carbonyl (C=O) groups is 2. The molecule has 0 bridgehead atoms. The van der Waals surface area contributed by atoms with E-state index in [0.29, 0.717) is 18.3 Å². The van der Waals surface area contributed by atoms with Crippen molar-refractivity contribution in [2.45, 2.75) is 13.3 Å². The van der Waals surface area contributed by atoms with Crippen LogP contribution in [0.15, 0.2) is 36.5 Å². The molecule has 0 aromatic heterocycles. The van der Waals surface area contributed by atoms with Gasteiger partial charge < -0.3 is 0 Å². The molecular weight excluding hydrogens is 152 g/mol. The molecule has 0 spiro atoms. The first-order chi connectivity index (χ1) is 5.74. The molecule has 0 amide bonds. The minimum atomic E-state index is -0.182. The molecule has 0 radical (unpaired) electrons. The van der Waals surface area contributed by atoms with Gasteiger partial charge in [-0.05, 0) is 24.1 Å². The van der Waals surface area contributed by atoms with Crippen molar-refractivity contribution in [2.24, 2.45) is 0 Å². The molecule has 0 aliphatic heterocycles. The van der Waals surface area contributed by atoms with Gasteiger partial charge in [0.15, 0.2) is 5.78 Å². The molecule has 0 aromatic carbocycles. The molecule has 12 heavy (non-hydrogen) atoms. The summed E-state index contributed by atoms with van der Waals surface area (Å²) >= 11 is 0. The monoisotopic (exact) mass is 164 g/mol. The standard InChI is InChI=1S/C10H12O2/c1-3-5-6-10(12)7-9(4-2)8-11/h3,5-8H,1,4H2,2H3/b6-5+,9-7+. The van der Waals surface area contributed by atoms with Gasteiger partial charge in [0.25, 0.3) is 0 Å². The van der Waals surface area contributed by atoms with Crippen LogP contribution in [0.3, 0.4) is 0 Å². The van der Waals surface area contributed by atoms with Crippen LogP contribution < -0.4 is 0 Å². The van der Waals surface area contributed by atoms with Gasteiger partial charge in [0.05, 0.1) is 0 Å². The Bertz CT molecular complexity index is 234. The van der Waals surface area contributed by atoms with Gasteiger partial charge in [-0.2, -0.15) is 0 Å². The zero-order valence-corrected chi connectivity index (χ0v) is 7.12. The third-order valence-corrected chi connectivity index (χ3v) is 1.28. The van der Waals surface area contributed by atoms with Crippen molar-refractivity contribution < 1.29 is 9.59 Å². The maximum Gasteiger partial charge on any atom is 0.179 e. The van der Waals surface area contributed by atoms with Crippen molar-refractivity contribution in [2.75, 3.05) is 0 Å². The van der Waals surface area contributed by atoms with E-state index < -0.39 is 0 Å². The first-order valence-corrected chi connectivity index (χ1v) is 3.73. The molecule has 0 aliphatic carbocycles. The summed E-state index contributed by atoms with van der Waals surface area (Å²) in [5.41, 5.74) is 0.508. The van der Waals surface area contributed by atoms with E-state index in [1.807, 2.05) is 6.92 Å². The zero-order valence-electron chi connectivity index (χ0n) is 7.12. The fraction of sp³-hybridized carbons (Fsp3) is 0.200. The number of aldehydes is 1. The van der Waals surface area contributed by atoms with Crippen LogP contribution in [0.4, 0.5) is 0 Å². The summed E-state index contributed by atoms with van der Waals surface area (Å²) in [7, 11) is 0. The van der Waals surface area contributed by atoms with Crippen molar-refractivity contribution in [1.29, 1.82) is 0 Å². The van der Waals surface area contributed by atoms with E-state index >= 15 is 0 Å². The quantitative estimate of drug-likeness (QED) is 0.353. The van der Waals surface area contributed by atoms with Gasteiger partial charge in [-0.3, -0.25) is 9.59 Å². The molecule has 0 heterocycles. The summed E-state index contributed by atoms with van der Waals surface area (Å²) in [6.07, 6.45) is 7.02. The highest BCUT2D eigenvalue weighted by molar-refractivity contribution is 6.02. The summed E-state index contributed by atoms with van der Waals surface area (Å²) in [5, 5.41) is 0. The van der Waals surface area contributed by atoms with Gasteiger partial charge >= 0.3 is 0 Å². The van der Waals surface area contributed by atoms with Crippen LogP contribution in [0, 0.1) is 0 Å². The second-order valence-electron chi connectivity index (χ2n) is 2.19. The summed E-state index contributed by atoms with van der Waals surface area (Å²) in [6, 6.07) is 0. The summed E-state index contributed by atoms with van der Waals surface area (Å²) in [5.74, 6) is -0.182. The third kappa shape index (κ3) is 4.39. The van der Waals surface area contributed by atoms with E-state index in [1.165, 1.54) is 24.3 Å². The second kappa shape index (κ2) is 6.28. The first-order valence-electron chi connectivity index (χ1n) is 3.73. The van der Waals surface area contributed by atoms with Crippen LogP contribution in [-0.4, -0.2) is 12.1 Å². The van der Waals surface area contributed by atoms with Crippen LogP contribution in [-0.2, 0) is 9.59 Å². The molecule has 2 heteroatoms. The third-order valence-electron chi connectivity index (χ3n) is 1.28. The molecule has 0 fully saturated rings. The Morgan fingerprint density at radius 1 is 1.50 bits per heavy atom. The van der Waals surface area contributed by atoms with E-state index in [-0.39, 0.29) is 5.78 Å². The van der Waals surface area contributed by atoms with Crippen LogP contribution >= 0.6 is 0 Å². The summed E-state index contributed by atoms with van der Waals surface area (Å²) < 4.78 is 0. The molecule has 0 atom stereocenters. The Morgan fingerprint density at radius 2 is 2.17 bits per heavy atom. The lowest BCUT2D eigenvalue weighted by molar-refractivity contribution is -0.111. The second-order valence-corrected chi connectivity index (χ2v) is 2.19. The minimum Gasteiger partial charge on any atom is -0.298 e. The Hall–Kier alpha value is -1.44. The fourth-order valence-electron chi connectivity index (χ4n) is 0.613. The Balaban J connectivity index is 4.30. The minimum absolute atomic E-state index is 0.182.